The van der Waals surface area contributed by atoms with Crippen LogP contribution in [0.15, 0.2) is 108 Å². The number of pyridine rings is 1. The van der Waals surface area contributed by atoms with Gasteiger partial charge in [0.2, 0.25) is 0 Å². The Morgan fingerprint density at radius 1 is 0.758 bits per heavy atom. The number of carbonyl (C=O) groups is 1. The molecule has 0 saturated carbocycles. The number of hydrogen-bond donors (Lipinski definition) is 1. The Hall–Kier alpha value is -4.23. The third-order valence-corrected chi connectivity index (χ3v) is 6.47. The molecule has 0 aliphatic rings. The molecule has 1 N–H and O–H groups in total. The highest BCUT2D eigenvalue weighted by Crippen LogP contribution is 2.25. The van der Waals surface area contributed by atoms with Crippen molar-refractivity contribution in [2.24, 2.45) is 0 Å². The van der Waals surface area contributed by atoms with Gasteiger partial charge in [-0.15, -0.1) is 0 Å². The molecule has 0 bridgehead atoms. The van der Waals surface area contributed by atoms with Crippen molar-refractivity contribution >= 4 is 43.4 Å². The van der Waals surface area contributed by atoms with Gasteiger partial charge in [0.15, 0.2) is 0 Å². The molecule has 162 valence electrons. The Kier molecular flexibility index (Phi) is 5.24. The van der Waals surface area contributed by atoms with Crippen molar-refractivity contribution in [3.8, 4) is 5.75 Å². The van der Waals surface area contributed by atoms with Crippen molar-refractivity contribution < 1.29 is 17.4 Å². The molecule has 0 saturated heterocycles. The van der Waals surface area contributed by atoms with Crippen molar-refractivity contribution in [3.05, 3.63) is 109 Å². The van der Waals surface area contributed by atoms with Crippen LogP contribution in [0.5, 0.6) is 5.75 Å². The first-order valence-corrected chi connectivity index (χ1v) is 11.6. The van der Waals surface area contributed by atoms with Gasteiger partial charge in [0, 0.05) is 22.8 Å². The van der Waals surface area contributed by atoms with E-state index in [4.69, 9.17) is 4.18 Å². The first-order valence-electron chi connectivity index (χ1n) is 10.2. The Labute approximate surface area is 190 Å². The van der Waals surface area contributed by atoms with Gasteiger partial charge < -0.3 is 9.50 Å². The number of carbonyl (C=O) groups excluding carboxylic acids is 1. The van der Waals surface area contributed by atoms with E-state index in [1.807, 2.05) is 36.4 Å². The van der Waals surface area contributed by atoms with Crippen molar-refractivity contribution in [2.75, 3.05) is 5.32 Å². The van der Waals surface area contributed by atoms with Gasteiger partial charge in [-0.1, -0.05) is 48.5 Å². The zero-order chi connectivity index (χ0) is 22.8. The molecular weight excluding hydrogens is 436 g/mol. The molecule has 4 aromatic carbocycles. The Balaban J connectivity index is 1.33. The third kappa shape index (κ3) is 4.26. The summed E-state index contributed by atoms with van der Waals surface area (Å²) < 4.78 is 31.0. The minimum absolute atomic E-state index is 0.00529. The number of benzene rings is 4. The minimum atomic E-state index is -4.09. The van der Waals surface area contributed by atoms with Crippen LogP contribution in [0.4, 0.5) is 5.69 Å². The number of rotatable bonds is 5. The summed E-state index contributed by atoms with van der Waals surface area (Å²) >= 11 is 0. The molecule has 0 aliphatic carbocycles. The van der Waals surface area contributed by atoms with Gasteiger partial charge in [-0.05, 0) is 59.3 Å². The minimum Gasteiger partial charge on any atom is -0.379 e. The summed E-state index contributed by atoms with van der Waals surface area (Å²) in [7, 11) is -4.09. The molecule has 1 amide bonds. The molecule has 5 rings (SSSR count). The summed E-state index contributed by atoms with van der Waals surface area (Å²) in [5.41, 5.74) is 1.39. The van der Waals surface area contributed by atoms with Gasteiger partial charge in [0.1, 0.15) is 10.6 Å². The number of hydrogen-bond acceptors (Lipinski definition) is 5. The highest BCUT2D eigenvalue weighted by atomic mass is 32.2. The lowest BCUT2D eigenvalue weighted by atomic mass is 10.1. The van der Waals surface area contributed by atoms with E-state index in [0.717, 1.165) is 10.8 Å². The maximum atomic E-state index is 12.8. The molecule has 0 fully saturated rings. The molecule has 7 heteroatoms. The fourth-order valence-electron chi connectivity index (χ4n) is 3.58. The van der Waals surface area contributed by atoms with Crippen molar-refractivity contribution in [1.29, 1.82) is 0 Å². The van der Waals surface area contributed by atoms with Crippen LogP contribution in [0.25, 0.3) is 21.7 Å². The molecule has 5 aromatic rings. The van der Waals surface area contributed by atoms with Gasteiger partial charge in [-0.3, -0.25) is 9.78 Å². The number of nitrogens with zero attached hydrogens (tertiary/aromatic N) is 1. The normalized spacial score (nSPS) is 11.4. The standard InChI is InChI=1S/C26H18N2O4S/c29-26(21-11-10-18-5-1-2-6-20(18)17-21)28-22-12-14-23(15-13-22)32-33(30,31)24-9-3-7-19-8-4-16-27-25(19)24/h1-17H,(H,28,29). The van der Waals surface area contributed by atoms with E-state index in [0.29, 0.717) is 22.2 Å². The van der Waals surface area contributed by atoms with Gasteiger partial charge in [0.25, 0.3) is 5.91 Å². The SMILES string of the molecule is O=C(Nc1ccc(OS(=O)(=O)c2cccc3cccnc23)cc1)c1ccc2ccccc2c1. The van der Waals surface area contributed by atoms with Crippen LogP contribution in [0.1, 0.15) is 10.4 Å². The summed E-state index contributed by atoms with van der Waals surface area (Å²) in [6.07, 6.45) is 1.54. The van der Waals surface area contributed by atoms with Gasteiger partial charge >= 0.3 is 10.1 Å². The Morgan fingerprint density at radius 2 is 1.48 bits per heavy atom. The molecule has 1 aromatic heterocycles. The first kappa shape index (κ1) is 20.7. The van der Waals surface area contributed by atoms with Crippen LogP contribution in [-0.2, 0) is 10.1 Å². The third-order valence-electron chi connectivity index (χ3n) is 5.19. The zero-order valence-corrected chi connectivity index (χ0v) is 18.1. The number of anilines is 1. The maximum Gasteiger partial charge on any atom is 0.341 e. The fourth-order valence-corrected chi connectivity index (χ4v) is 4.68. The molecular formula is C26H18N2O4S. The molecule has 0 radical (unpaired) electrons. The average Bonchev–Trinajstić information content (AvgIpc) is 2.84. The fraction of sp³-hybridized carbons (Fsp3) is 0. The second-order valence-electron chi connectivity index (χ2n) is 7.41. The lowest BCUT2D eigenvalue weighted by molar-refractivity contribution is 0.102. The maximum absolute atomic E-state index is 12.8. The van der Waals surface area contributed by atoms with Crippen LogP contribution in [0.3, 0.4) is 0 Å². The molecule has 0 aliphatic heterocycles. The van der Waals surface area contributed by atoms with Crippen LogP contribution in [0.2, 0.25) is 0 Å². The lowest BCUT2D eigenvalue weighted by Crippen LogP contribution is -2.12. The predicted molar refractivity (Wildman–Crippen MR) is 128 cm³/mol. The van der Waals surface area contributed by atoms with Crippen LogP contribution < -0.4 is 9.50 Å². The highest BCUT2D eigenvalue weighted by molar-refractivity contribution is 7.87. The van der Waals surface area contributed by atoms with Gasteiger partial charge in [-0.2, -0.15) is 8.42 Å². The highest BCUT2D eigenvalue weighted by Gasteiger charge is 2.20. The molecule has 0 spiro atoms. The largest absolute Gasteiger partial charge is 0.379 e. The number of para-hydroxylation sites is 1. The second-order valence-corrected chi connectivity index (χ2v) is 8.92. The van der Waals surface area contributed by atoms with E-state index in [2.05, 4.69) is 10.3 Å². The van der Waals surface area contributed by atoms with E-state index in [-0.39, 0.29) is 16.6 Å². The summed E-state index contributed by atoms with van der Waals surface area (Å²) in [4.78, 5) is 16.8. The number of aromatic nitrogens is 1. The van der Waals surface area contributed by atoms with E-state index in [1.165, 1.54) is 24.4 Å². The number of fused-ring (bicyclic) bond motifs is 2. The van der Waals surface area contributed by atoms with E-state index >= 15 is 0 Å². The molecule has 33 heavy (non-hydrogen) atoms. The molecule has 1 heterocycles. The van der Waals surface area contributed by atoms with E-state index in [9.17, 15) is 13.2 Å². The summed E-state index contributed by atoms with van der Waals surface area (Å²) in [6.45, 7) is 0. The smallest absolute Gasteiger partial charge is 0.341 e. The van der Waals surface area contributed by atoms with E-state index < -0.39 is 10.1 Å². The molecule has 6 nitrogen and oxygen atoms in total. The quantitative estimate of drug-likeness (QED) is 0.359. The van der Waals surface area contributed by atoms with Gasteiger partial charge in [-0.25, -0.2) is 0 Å². The topological polar surface area (TPSA) is 85.4 Å². The summed E-state index contributed by atoms with van der Waals surface area (Å²) in [5.74, 6) is -0.129. The van der Waals surface area contributed by atoms with Crippen LogP contribution in [0, 0.1) is 0 Å². The summed E-state index contributed by atoms with van der Waals surface area (Å²) in [5, 5.41) is 5.55. The van der Waals surface area contributed by atoms with Crippen molar-refractivity contribution in [1.82, 2.24) is 4.98 Å². The van der Waals surface area contributed by atoms with Crippen molar-refractivity contribution in [2.45, 2.75) is 4.90 Å². The lowest BCUT2D eigenvalue weighted by Gasteiger charge is -2.10. The summed E-state index contributed by atoms with van der Waals surface area (Å²) in [6, 6.07) is 27.9. The van der Waals surface area contributed by atoms with E-state index in [1.54, 1.807) is 42.5 Å². The second kappa shape index (κ2) is 8.37. The van der Waals surface area contributed by atoms with Crippen molar-refractivity contribution in [3.63, 3.8) is 0 Å². The molecule has 0 atom stereocenters. The van der Waals surface area contributed by atoms with Gasteiger partial charge in [0.05, 0.1) is 5.52 Å². The number of amides is 1. The first-order chi connectivity index (χ1) is 16.0. The molecule has 0 unspecified atom stereocenters. The Morgan fingerprint density at radius 3 is 2.30 bits per heavy atom. The predicted octanol–water partition coefficient (Wildman–Crippen LogP) is 5.41. The monoisotopic (exact) mass is 454 g/mol. The zero-order valence-electron chi connectivity index (χ0n) is 17.3. The van der Waals surface area contributed by atoms with Crippen LogP contribution >= 0.6 is 0 Å². The Bertz CT molecular complexity index is 1590. The number of nitrogens with one attached hydrogen (secondary N) is 1. The van der Waals surface area contributed by atoms with Crippen LogP contribution in [-0.4, -0.2) is 19.3 Å². The average molecular weight is 455 g/mol.